The van der Waals surface area contributed by atoms with Crippen LogP contribution in [0.4, 0.5) is 0 Å². The topological polar surface area (TPSA) is 55.8 Å². The molecule has 1 aliphatic carbocycles. The number of carbonyl (C=O) groups is 1. The molecule has 1 aromatic rings. The number of aryl methyl sites for hydroxylation is 1. The van der Waals surface area contributed by atoms with Gasteiger partial charge in [-0.15, -0.1) is 0 Å². The van der Waals surface area contributed by atoms with Crippen molar-refractivity contribution in [3.8, 4) is 11.5 Å². The lowest BCUT2D eigenvalue weighted by Crippen LogP contribution is -2.00. The summed E-state index contributed by atoms with van der Waals surface area (Å²) in [4.78, 5) is 12.3. The number of rotatable bonds is 6. The van der Waals surface area contributed by atoms with Gasteiger partial charge in [-0.3, -0.25) is 4.79 Å². The molecular weight excluding hydrogens is 280 g/mol. The molecule has 0 bridgehead atoms. The average Bonchev–Trinajstić information content (AvgIpc) is 2.99. The van der Waals surface area contributed by atoms with Crippen molar-refractivity contribution in [2.75, 3.05) is 20.8 Å². The predicted molar refractivity (Wildman–Crippen MR) is 85.6 cm³/mol. The van der Waals surface area contributed by atoms with Gasteiger partial charge in [-0.25, -0.2) is 0 Å². The second-order valence-electron chi connectivity index (χ2n) is 5.13. The van der Waals surface area contributed by atoms with Crippen molar-refractivity contribution in [3.63, 3.8) is 0 Å². The first-order valence-corrected chi connectivity index (χ1v) is 7.03. The van der Waals surface area contributed by atoms with Crippen LogP contribution in [-0.4, -0.2) is 31.7 Å². The minimum absolute atomic E-state index is 0.0522. The van der Waals surface area contributed by atoms with Gasteiger partial charge in [0.25, 0.3) is 0 Å². The van der Waals surface area contributed by atoms with Crippen LogP contribution in [-0.2, 0) is 0 Å². The molecule has 0 saturated carbocycles. The molecule has 116 valence electrons. The lowest BCUT2D eigenvalue weighted by molar-refractivity contribution is 0.104. The molecule has 22 heavy (non-hydrogen) atoms. The van der Waals surface area contributed by atoms with Gasteiger partial charge in [-0.2, -0.15) is 0 Å². The Morgan fingerprint density at radius 2 is 2.05 bits per heavy atom. The van der Waals surface area contributed by atoms with Gasteiger partial charge in [0.05, 0.1) is 20.8 Å². The number of aliphatic hydroxyl groups excluding tert-OH is 1. The van der Waals surface area contributed by atoms with Gasteiger partial charge in [0.1, 0.15) is 0 Å². The van der Waals surface area contributed by atoms with Gasteiger partial charge in [0, 0.05) is 5.56 Å². The van der Waals surface area contributed by atoms with Gasteiger partial charge < -0.3 is 14.6 Å². The lowest BCUT2D eigenvalue weighted by Gasteiger charge is -2.11. The molecule has 0 aliphatic heterocycles. The van der Waals surface area contributed by atoms with E-state index in [9.17, 15) is 4.79 Å². The Balaban J connectivity index is 2.15. The SMILES string of the molecule is COc1cc(C(=O)/C=C/C2=CC=C(CO)C2)cc(C)c1OC. The Hall–Kier alpha value is -2.33. The van der Waals surface area contributed by atoms with Crippen LogP contribution in [0, 0.1) is 6.92 Å². The molecule has 0 atom stereocenters. The van der Waals surface area contributed by atoms with E-state index < -0.39 is 0 Å². The normalized spacial score (nSPS) is 14.0. The Labute approximate surface area is 130 Å². The molecule has 0 fully saturated rings. The van der Waals surface area contributed by atoms with Crippen LogP contribution in [0.15, 0.2) is 47.6 Å². The van der Waals surface area contributed by atoms with E-state index in [0.29, 0.717) is 23.5 Å². The van der Waals surface area contributed by atoms with E-state index in [4.69, 9.17) is 14.6 Å². The van der Waals surface area contributed by atoms with E-state index in [1.807, 2.05) is 19.1 Å². The summed E-state index contributed by atoms with van der Waals surface area (Å²) in [5.41, 5.74) is 3.37. The molecule has 4 nitrogen and oxygen atoms in total. The second kappa shape index (κ2) is 7.09. The molecule has 0 saturated heterocycles. The smallest absolute Gasteiger partial charge is 0.185 e. The molecular formula is C18H20O4. The van der Waals surface area contributed by atoms with Crippen LogP contribution in [0.25, 0.3) is 0 Å². The second-order valence-corrected chi connectivity index (χ2v) is 5.13. The van der Waals surface area contributed by atoms with Gasteiger partial charge in [-0.05, 0) is 48.3 Å². The highest BCUT2D eigenvalue weighted by Crippen LogP contribution is 2.32. The average molecular weight is 300 g/mol. The van der Waals surface area contributed by atoms with Crippen molar-refractivity contribution in [2.45, 2.75) is 13.3 Å². The molecule has 1 N–H and O–H groups in total. The zero-order valence-electron chi connectivity index (χ0n) is 13.1. The molecule has 4 heteroatoms. The summed E-state index contributed by atoms with van der Waals surface area (Å²) < 4.78 is 10.5. The number of ether oxygens (including phenoxy) is 2. The van der Waals surface area contributed by atoms with Crippen molar-refractivity contribution in [1.82, 2.24) is 0 Å². The van der Waals surface area contributed by atoms with Gasteiger partial charge in [-0.1, -0.05) is 18.2 Å². The molecule has 0 heterocycles. The summed E-state index contributed by atoms with van der Waals surface area (Å²) in [7, 11) is 3.12. The fourth-order valence-electron chi connectivity index (χ4n) is 2.40. The van der Waals surface area contributed by atoms with E-state index in [1.165, 1.54) is 0 Å². The highest BCUT2D eigenvalue weighted by Gasteiger charge is 2.13. The Morgan fingerprint density at radius 1 is 1.27 bits per heavy atom. The van der Waals surface area contributed by atoms with E-state index in [-0.39, 0.29) is 12.4 Å². The largest absolute Gasteiger partial charge is 0.493 e. The number of methoxy groups -OCH3 is 2. The minimum Gasteiger partial charge on any atom is -0.493 e. The van der Waals surface area contributed by atoms with Crippen molar-refractivity contribution in [3.05, 3.63) is 58.7 Å². The number of aliphatic hydroxyl groups is 1. The number of carbonyl (C=O) groups excluding carboxylic acids is 1. The first kappa shape index (κ1) is 16.0. The predicted octanol–water partition coefficient (Wildman–Crippen LogP) is 3.00. The summed E-state index contributed by atoms with van der Waals surface area (Å²) in [6.45, 7) is 1.93. The summed E-state index contributed by atoms with van der Waals surface area (Å²) in [6, 6.07) is 3.47. The van der Waals surface area contributed by atoms with Crippen LogP contribution >= 0.6 is 0 Å². The maximum Gasteiger partial charge on any atom is 0.185 e. The van der Waals surface area contributed by atoms with Crippen LogP contribution < -0.4 is 9.47 Å². The van der Waals surface area contributed by atoms with Gasteiger partial charge in [0.15, 0.2) is 17.3 Å². The number of hydrogen-bond acceptors (Lipinski definition) is 4. The zero-order valence-corrected chi connectivity index (χ0v) is 13.1. The first-order chi connectivity index (χ1) is 10.6. The molecule has 1 aromatic carbocycles. The Kier molecular flexibility index (Phi) is 5.17. The monoisotopic (exact) mass is 300 g/mol. The van der Waals surface area contributed by atoms with Crippen molar-refractivity contribution < 1.29 is 19.4 Å². The summed E-state index contributed by atoms with van der Waals surface area (Å²) >= 11 is 0. The van der Waals surface area contributed by atoms with E-state index in [2.05, 4.69) is 0 Å². The maximum absolute atomic E-state index is 12.3. The van der Waals surface area contributed by atoms with Crippen LogP contribution in [0.2, 0.25) is 0 Å². The quantitative estimate of drug-likeness (QED) is 0.648. The lowest BCUT2D eigenvalue weighted by atomic mass is 10.0. The third-order valence-corrected chi connectivity index (χ3v) is 3.57. The van der Waals surface area contributed by atoms with Crippen molar-refractivity contribution in [1.29, 1.82) is 0 Å². The fraction of sp³-hybridized carbons (Fsp3) is 0.278. The molecule has 1 aliphatic rings. The number of allylic oxidation sites excluding steroid dienone is 5. The van der Waals surface area contributed by atoms with E-state index in [0.717, 1.165) is 16.7 Å². The molecule has 0 amide bonds. The molecule has 0 unspecified atom stereocenters. The van der Waals surface area contributed by atoms with Crippen molar-refractivity contribution in [2.24, 2.45) is 0 Å². The number of hydrogen-bond donors (Lipinski definition) is 1. The highest BCUT2D eigenvalue weighted by molar-refractivity contribution is 6.05. The van der Waals surface area contributed by atoms with E-state index in [1.54, 1.807) is 38.5 Å². The first-order valence-electron chi connectivity index (χ1n) is 7.03. The fourth-order valence-corrected chi connectivity index (χ4v) is 2.40. The standard InChI is InChI=1S/C18H20O4/c1-12-8-15(10-17(21-2)18(12)22-3)16(20)7-6-13-4-5-14(9-13)11-19/h4-8,10,19H,9,11H2,1-3H3/b7-6+. The number of benzene rings is 1. The summed E-state index contributed by atoms with van der Waals surface area (Å²) in [5, 5.41) is 9.06. The molecule has 0 spiro atoms. The van der Waals surface area contributed by atoms with Gasteiger partial charge in [0.2, 0.25) is 0 Å². The minimum atomic E-state index is -0.0950. The number of ketones is 1. The van der Waals surface area contributed by atoms with E-state index >= 15 is 0 Å². The molecule has 0 radical (unpaired) electrons. The third kappa shape index (κ3) is 3.46. The summed E-state index contributed by atoms with van der Waals surface area (Å²) in [6.07, 6.45) is 7.80. The van der Waals surface area contributed by atoms with Crippen LogP contribution in [0.5, 0.6) is 11.5 Å². The Bertz CT molecular complexity index is 666. The van der Waals surface area contributed by atoms with Crippen molar-refractivity contribution >= 4 is 5.78 Å². The highest BCUT2D eigenvalue weighted by atomic mass is 16.5. The van der Waals surface area contributed by atoms with Gasteiger partial charge >= 0.3 is 0 Å². The third-order valence-electron chi connectivity index (χ3n) is 3.57. The molecule has 2 rings (SSSR count). The van der Waals surface area contributed by atoms with Crippen LogP contribution in [0.1, 0.15) is 22.3 Å². The summed E-state index contributed by atoms with van der Waals surface area (Å²) in [5.74, 6) is 1.09. The van der Waals surface area contributed by atoms with Crippen LogP contribution in [0.3, 0.4) is 0 Å². The Morgan fingerprint density at radius 3 is 2.64 bits per heavy atom. The zero-order chi connectivity index (χ0) is 16.1. The molecule has 0 aromatic heterocycles. The maximum atomic E-state index is 12.3.